The molecule has 0 N–H and O–H groups in total. The van der Waals surface area contributed by atoms with Crippen LogP contribution in [0.3, 0.4) is 0 Å². The van der Waals surface area contributed by atoms with E-state index in [-0.39, 0.29) is 11.0 Å². The summed E-state index contributed by atoms with van der Waals surface area (Å²) in [4.78, 5) is 27.8. The third-order valence-electron chi connectivity index (χ3n) is 4.91. The van der Waals surface area contributed by atoms with Crippen LogP contribution in [0.4, 0.5) is 0 Å². The van der Waals surface area contributed by atoms with E-state index in [2.05, 4.69) is 35.2 Å². The van der Waals surface area contributed by atoms with Gasteiger partial charge in [0.15, 0.2) is 5.12 Å². The van der Waals surface area contributed by atoms with Crippen molar-refractivity contribution in [3.05, 3.63) is 35.9 Å². The van der Waals surface area contributed by atoms with Gasteiger partial charge in [-0.15, -0.1) is 0 Å². The maximum Gasteiger partial charge on any atom is 0.222 e. The van der Waals surface area contributed by atoms with E-state index in [0.717, 1.165) is 38.5 Å². The Morgan fingerprint density at radius 2 is 2.00 bits per heavy atom. The number of benzene rings is 1. The molecule has 2 fully saturated rings. The molecule has 1 amide bonds. The first kappa shape index (κ1) is 17.5. The summed E-state index contributed by atoms with van der Waals surface area (Å²) in [6, 6.07) is 10.6. The van der Waals surface area contributed by atoms with E-state index < -0.39 is 0 Å². The molecule has 2 heterocycles. The van der Waals surface area contributed by atoms with E-state index in [0.29, 0.717) is 18.3 Å². The van der Waals surface area contributed by atoms with Crippen LogP contribution in [0.2, 0.25) is 0 Å². The molecule has 2 saturated heterocycles. The van der Waals surface area contributed by atoms with Gasteiger partial charge in [-0.1, -0.05) is 42.1 Å². The fourth-order valence-electron chi connectivity index (χ4n) is 3.74. The zero-order chi connectivity index (χ0) is 16.9. The molecule has 0 spiro atoms. The van der Waals surface area contributed by atoms with Crippen LogP contribution >= 0.6 is 11.8 Å². The number of hydrogen-bond acceptors (Lipinski definition) is 4. The molecule has 0 aliphatic carbocycles. The SMILES string of the molecule is CC(=O)SCC1CC(=O)N(CC2CCN(Cc3ccccc3)C2)C1. The Hall–Kier alpha value is -1.33. The van der Waals surface area contributed by atoms with E-state index in [1.807, 2.05) is 4.90 Å². The Labute approximate surface area is 148 Å². The van der Waals surface area contributed by atoms with Crippen molar-refractivity contribution in [1.82, 2.24) is 9.80 Å². The Morgan fingerprint density at radius 3 is 2.75 bits per heavy atom. The molecule has 2 aliphatic rings. The summed E-state index contributed by atoms with van der Waals surface area (Å²) in [5.41, 5.74) is 1.36. The topological polar surface area (TPSA) is 40.6 Å². The van der Waals surface area contributed by atoms with E-state index in [4.69, 9.17) is 0 Å². The summed E-state index contributed by atoms with van der Waals surface area (Å²) >= 11 is 1.35. The normalized spacial score (nSPS) is 24.7. The smallest absolute Gasteiger partial charge is 0.222 e. The van der Waals surface area contributed by atoms with Crippen molar-refractivity contribution in [1.29, 1.82) is 0 Å². The van der Waals surface area contributed by atoms with Gasteiger partial charge in [-0.3, -0.25) is 14.5 Å². The Bertz CT molecular complexity index is 578. The molecule has 2 aliphatic heterocycles. The highest BCUT2D eigenvalue weighted by Crippen LogP contribution is 2.26. The predicted molar refractivity (Wildman–Crippen MR) is 97.7 cm³/mol. The quantitative estimate of drug-likeness (QED) is 0.794. The molecule has 1 aromatic rings. The van der Waals surface area contributed by atoms with E-state index >= 15 is 0 Å². The fourth-order valence-corrected chi connectivity index (χ4v) is 4.43. The molecule has 2 unspecified atom stereocenters. The van der Waals surface area contributed by atoms with Crippen molar-refractivity contribution in [2.75, 3.05) is 31.9 Å². The number of thioether (sulfide) groups is 1. The number of nitrogens with zero attached hydrogens (tertiary/aromatic N) is 2. The van der Waals surface area contributed by atoms with Crippen LogP contribution in [-0.2, 0) is 16.1 Å². The first-order valence-electron chi connectivity index (χ1n) is 8.77. The summed E-state index contributed by atoms with van der Waals surface area (Å²) in [6.07, 6.45) is 1.78. The highest BCUT2D eigenvalue weighted by atomic mass is 32.2. The standard InChI is InChI=1S/C19H26N2O2S/c1-15(22)24-14-18-9-19(23)21(13-18)12-17-7-8-20(11-17)10-16-5-3-2-4-6-16/h2-6,17-18H,7-14H2,1H3. The van der Waals surface area contributed by atoms with Gasteiger partial charge < -0.3 is 4.90 Å². The molecule has 0 aromatic heterocycles. The predicted octanol–water partition coefficient (Wildman–Crippen LogP) is 2.64. The van der Waals surface area contributed by atoms with Crippen LogP contribution in [0.15, 0.2) is 30.3 Å². The molecule has 130 valence electrons. The summed E-state index contributed by atoms with van der Waals surface area (Å²) in [5, 5.41) is 0.147. The molecule has 24 heavy (non-hydrogen) atoms. The molecule has 0 bridgehead atoms. The van der Waals surface area contributed by atoms with E-state index in [9.17, 15) is 9.59 Å². The lowest BCUT2D eigenvalue weighted by Crippen LogP contribution is -2.32. The van der Waals surface area contributed by atoms with Crippen molar-refractivity contribution in [3.8, 4) is 0 Å². The van der Waals surface area contributed by atoms with Crippen LogP contribution in [0.25, 0.3) is 0 Å². The maximum absolute atomic E-state index is 12.2. The largest absolute Gasteiger partial charge is 0.342 e. The number of amides is 1. The third-order valence-corrected chi connectivity index (χ3v) is 5.96. The van der Waals surface area contributed by atoms with Crippen LogP contribution in [0.1, 0.15) is 25.3 Å². The van der Waals surface area contributed by atoms with Crippen LogP contribution < -0.4 is 0 Å². The van der Waals surface area contributed by atoms with Gasteiger partial charge in [-0.2, -0.15) is 0 Å². The van der Waals surface area contributed by atoms with Gasteiger partial charge in [-0.25, -0.2) is 0 Å². The average Bonchev–Trinajstić information content (AvgIpc) is 3.14. The number of hydrogen-bond donors (Lipinski definition) is 0. The Balaban J connectivity index is 1.44. The lowest BCUT2D eigenvalue weighted by Gasteiger charge is -2.21. The number of likely N-dealkylation sites (tertiary alicyclic amines) is 2. The van der Waals surface area contributed by atoms with Crippen molar-refractivity contribution in [3.63, 3.8) is 0 Å². The molecule has 4 nitrogen and oxygen atoms in total. The third kappa shape index (κ3) is 4.84. The number of carbonyl (C=O) groups excluding carboxylic acids is 2. The minimum Gasteiger partial charge on any atom is -0.342 e. The minimum atomic E-state index is 0.147. The lowest BCUT2D eigenvalue weighted by molar-refractivity contribution is -0.128. The summed E-state index contributed by atoms with van der Waals surface area (Å²) in [7, 11) is 0. The van der Waals surface area contributed by atoms with Gasteiger partial charge in [0.2, 0.25) is 5.91 Å². The zero-order valence-corrected chi connectivity index (χ0v) is 15.1. The molecule has 5 heteroatoms. The van der Waals surface area contributed by atoms with Gasteiger partial charge in [0.25, 0.3) is 0 Å². The van der Waals surface area contributed by atoms with Crippen LogP contribution in [0, 0.1) is 11.8 Å². The van der Waals surface area contributed by atoms with E-state index in [1.54, 1.807) is 6.92 Å². The minimum absolute atomic E-state index is 0.147. The second-order valence-corrected chi connectivity index (χ2v) is 8.24. The van der Waals surface area contributed by atoms with Crippen molar-refractivity contribution in [2.45, 2.75) is 26.3 Å². The molecule has 0 saturated carbocycles. The van der Waals surface area contributed by atoms with Gasteiger partial charge in [0.1, 0.15) is 0 Å². The monoisotopic (exact) mass is 346 g/mol. The van der Waals surface area contributed by atoms with Gasteiger partial charge in [0.05, 0.1) is 0 Å². The van der Waals surface area contributed by atoms with Gasteiger partial charge in [-0.05, 0) is 30.4 Å². The number of carbonyl (C=O) groups is 2. The highest BCUT2D eigenvalue weighted by molar-refractivity contribution is 8.13. The fraction of sp³-hybridized carbons (Fsp3) is 0.579. The number of rotatable bonds is 6. The van der Waals surface area contributed by atoms with Crippen molar-refractivity contribution < 1.29 is 9.59 Å². The van der Waals surface area contributed by atoms with Gasteiger partial charge in [0, 0.05) is 45.3 Å². The molecule has 3 rings (SSSR count). The van der Waals surface area contributed by atoms with E-state index in [1.165, 1.54) is 23.7 Å². The van der Waals surface area contributed by atoms with Crippen molar-refractivity contribution in [2.24, 2.45) is 11.8 Å². The lowest BCUT2D eigenvalue weighted by atomic mass is 10.1. The highest BCUT2D eigenvalue weighted by Gasteiger charge is 2.33. The Morgan fingerprint density at radius 1 is 1.21 bits per heavy atom. The molecular weight excluding hydrogens is 320 g/mol. The van der Waals surface area contributed by atoms with Crippen LogP contribution in [0.5, 0.6) is 0 Å². The summed E-state index contributed by atoms with van der Waals surface area (Å²) in [6.45, 7) is 6.50. The van der Waals surface area contributed by atoms with Crippen molar-refractivity contribution >= 4 is 22.8 Å². The summed E-state index contributed by atoms with van der Waals surface area (Å²) < 4.78 is 0. The average molecular weight is 346 g/mol. The first-order valence-corrected chi connectivity index (χ1v) is 9.76. The summed E-state index contributed by atoms with van der Waals surface area (Å²) in [5.74, 6) is 1.97. The second kappa shape index (κ2) is 8.17. The van der Waals surface area contributed by atoms with Gasteiger partial charge >= 0.3 is 0 Å². The second-order valence-electron chi connectivity index (χ2n) is 7.05. The zero-order valence-electron chi connectivity index (χ0n) is 14.3. The molecular formula is C19H26N2O2S. The van der Waals surface area contributed by atoms with Crippen LogP contribution in [-0.4, -0.2) is 52.8 Å². The first-order chi connectivity index (χ1) is 11.6. The molecule has 2 atom stereocenters. The molecule has 1 aromatic carbocycles. The maximum atomic E-state index is 12.2. The molecule has 0 radical (unpaired) electrons. The Kier molecular flexibility index (Phi) is 5.95.